The Morgan fingerprint density at radius 1 is 1.00 bits per heavy atom. The van der Waals surface area contributed by atoms with Crippen molar-refractivity contribution < 1.29 is 4.79 Å². The molecule has 0 saturated carbocycles. The molecule has 0 fully saturated rings. The minimum Gasteiger partial charge on any atom is -0.366 e. The van der Waals surface area contributed by atoms with Crippen LogP contribution in [0.5, 0.6) is 0 Å². The summed E-state index contributed by atoms with van der Waals surface area (Å²) in [6.45, 7) is 2.11. The predicted octanol–water partition coefficient (Wildman–Crippen LogP) is 4.44. The molecule has 1 aromatic heterocycles. The van der Waals surface area contributed by atoms with Crippen LogP contribution in [0.4, 0.5) is 23.1 Å². The van der Waals surface area contributed by atoms with E-state index in [1.165, 1.54) is 6.92 Å². The van der Waals surface area contributed by atoms with Crippen LogP contribution in [-0.4, -0.2) is 15.9 Å². The molecule has 0 unspecified atom stereocenters. The van der Waals surface area contributed by atoms with Gasteiger partial charge in [-0.05, 0) is 48.0 Å². The summed E-state index contributed by atoms with van der Waals surface area (Å²) in [5.41, 5.74) is 2.67. The van der Waals surface area contributed by atoms with Crippen LogP contribution in [0.3, 0.4) is 0 Å². The van der Waals surface area contributed by atoms with Crippen molar-refractivity contribution in [1.82, 2.24) is 9.97 Å². The van der Waals surface area contributed by atoms with Crippen LogP contribution >= 0.6 is 11.6 Å². The summed E-state index contributed by atoms with van der Waals surface area (Å²) < 4.78 is 0. The van der Waals surface area contributed by atoms with Crippen LogP contribution in [0.1, 0.15) is 12.5 Å². The van der Waals surface area contributed by atoms with Crippen molar-refractivity contribution >= 4 is 40.6 Å². The molecule has 1 heterocycles. The first-order valence-electron chi connectivity index (χ1n) is 8.04. The van der Waals surface area contributed by atoms with Gasteiger partial charge in [0.25, 0.3) is 0 Å². The smallest absolute Gasteiger partial charge is 0.229 e. The summed E-state index contributed by atoms with van der Waals surface area (Å²) in [7, 11) is 0. The lowest BCUT2D eigenvalue weighted by Crippen LogP contribution is -2.06. The molecule has 0 radical (unpaired) electrons. The number of aromatic nitrogens is 2. The number of benzene rings is 2. The Bertz CT molecular complexity index is 881. The highest BCUT2D eigenvalue weighted by molar-refractivity contribution is 6.30. The predicted molar refractivity (Wildman–Crippen MR) is 105 cm³/mol. The van der Waals surface area contributed by atoms with Gasteiger partial charge in [0.05, 0.1) is 0 Å². The van der Waals surface area contributed by atoms with Gasteiger partial charge in [0.15, 0.2) is 0 Å². The second kappa shape index (κ2) is 8.31. The van der Waals surface area contributed by atoms with E-state index in [4.69, 9.17) is 11.6 Å². The van der Waals surface area contributed by atoms with Crippen molar-refractivity contribution in [3.8, 4) is 0 Å². The van der Waals surface area contributed by atoms with Gasteiger partial charge in [-0.2, -0.15) is 4.98 Å². The number of amides is 1. The van der Waals surface area contributed by atoms with Gasteiger partial charge in [0.1, 0.15) is 5.82 Å². The molecule has 0 aliphatic heterocycles. The highest BCUT2D eigenvalue weighted by Gasteiger charge is 2.02. The average molecular weight is 368 g/mol. The molecule has 0 aliphatic rings. The molecule has 0 bridgehead atoms. The fourth-order valence-corrected chi connectivity index (χ4v) is 2.41. The number of halogens is 1. The summed E-state index contributed by atoms with van der Waals surface area (Å²) in [6, 6.07) is 16.8. The van der Waals surface area contributed by atoms with Crippen LogP contribution in [0.2, 0.25) is 5.02 Å². The first kappa shape index (κ1) is 17.7. The first-order chi connectivity index (χ1) is 12.6. The van der Waals surface area contributed by atoms with Gasteiger partial charge >= 0.3 is 0 Å². The molecule has 3 aromatic rings. The van der Waals surface area contributed by atoms with Crippen LogP contribution < -0.4 is 16.0 Å². The number of hydrogen-bond acceptors (Lipinski definition) is 5. The molecule has 0 saturated heterocycles. The molecule has 1 amide bonds. The molecular formula is C19H18ClN5O. The second-order valence-corrected chi connectivity index (χ2v) is 6.07. The van der Waals surface area contributed by atoms with Gasteiger partial charge in [-0.25, -0.2) is 4.98 Å². The molecular weight excluding hydrogens is 350 g/mol. The largest absolute Gasteiger partial charge is 0.366 e. The fourth-order valence-electron chi connectivity index (χ4n) is 2.28. The minimum atomic E-state index is -0.103. The SMILES string of the molecule is CC(=O)Nc1ccc(Nc2nccc(NCc3ccc(Cl)cc3)n2)cc1. The maximum Gasteiger partial charge on any atom is 0.229 e. The number of rotatable bonds is 6. The van der Waals surface area contributed by atoms with Crippen molar-refractivity contribution in [3.63, 3.8) is 0 Å². The van der Waals surface area contributed by atoms with Gasteiger partial charge in [-0.3, -0.25) is 4.79 Å². The Balaban J connectivity index is 1.61. The molecule has 7 heteroatoms. The third kappa shape index (κ3) is 5.19. The van der Waals surface area contributed by atoms with Crippen molar-refractivity contribution in [2.45, 2.75) is 13.5 Å². The van der Waals surface area contributed by atoms with E-state index in [-0.39, 0.29) is 5.91 Å². The lowest BCUT2D eigenvalue weighted by atomic mass is 10.2. The van der Waals surface area contributed by atoms with E-state index in [2.05, 4.69) is 25.9 Å². The Morgan fingerprint density at radius 2 is 1.69 bits per heavy atom. The van der Waals surface area contributed by atoms with Gasteiger partial charge in [0, 0.05) is 36.1 Å². The zero-order chi connectivity index (χ0) is 18.4. The van der Waals surface area contributed by atoms with Crippen molar-refractivity contribution in [3.05, 3.63) is 71.4 Å². The number of hydrogen-bond donors (Lipinski definition) is 3. The van der Waals surface area contributed by atoms with Gasteiger partial charge in [-0.15, -0.1) is 0 Å². The van der Waals surface area contributed by atoms with E-state index in [1.807, 2.05) is 48.5 Å². The standard InChI is InChI=1S/C19H18ClN5O/c1-13(26)23-16-6-8-17(9-7-16)24-19-21-11-10-18(25-19)22-12-14-2-4-15(20)5-3-14/h2-11H,12H2,1H3,(H,23,26)(H2,21,22,24,25). The maximum absolute atomic E-state index is 11.0. The van der Waals surface area contributed by atoms with E-state index in [1.54, 1.807) is 12.3 Å². The third-order valence-electron chi connectivity index (χ3n) is 3.50. The molecule has 3 rings (SSSR count). The number of carbonyl (C=O) groups is 1. The molecule has 0 aliphatic carbocycles. The molecule has 132 valence electrons. The van der Waals surface area contributed by atoms with Gasteiger partial charge in [0.2, 0.25) is 11.9 Å². The lowest BCUT2D eigenvalue weighted by Gasteiger charge is -2.09. The van der Waals surface area contributed by atoms with Crippen molar-refractivity contribution in [1.29, 1.82) is 0 Å². The summed E-state index contributed by atoms with van der Waals surface area (Å²) in [5.74, 6) is 1.10. The molecule has 2 aromatic carbocycles. The zero-order valence-corrected chi connectivity index (χ0v) is 14.9. The van der Waals surface area contributed by atoms with E-state index in [9.17, 15) is 4.79 Å². The van der Waals surface area contributed by atoms with E-state index >= 15 is 0 Å². The first-order valence-corrected chi connectivity index (χ1v) is 8.42. The van der Waals surface area contributed by atoms with E-state index in [0.29, 0.717) is 23.3 Å². The molecule has 6 nitrogen and oxygen atoms in total. The van der Waals surface area contributed by atoms with Gasteiger partial charge in [-0.1, -0.05) is 23.7 Å². The highest BCUT2D eigenvalue weighted by Crippen LogP contribution is 2.18. The molecule has 0 atom stereocenters. The quantitative estimate of drug-likeness (QED) is 0.600. The van der Waals surface area contributed by atoms with Crippen LogP contribution in [0, 0.1) is 0 Å². The number of carbonyl (C=O) groups excluding carboxylic acids is 1. The minimum absolute atomic E-state index is 0.103. The van der Waals surface area contributed by atoms with E-state index < -0.39 is 0 Å². The van der Waals surface area contributed by atoms with Crippen LogP contribution in [0.15, 0.2) is 60.8 Å². The fraction of sp³-hybridized carbons (Fsp3) is 0.105. The van der Waals surface area contributed by atoms with Gasteiger partial charge < -0.3 is 16.0 Å². The third-order valence-corrected chi connectivity index (χ3v) is 3.76. The maximum atomic E-state index is 11.0. The number of nitrogens with zero attached hydrogens (tertiary/aromatic N) is 2. The number of nitrogens with one attached hydrogen (secondary N) is 3. The lowest BCUT2D eigenvalue weighted by molar-refractivity contribution is -0.114. The van der Waals surface area contributed by atoms with Crippen molar-refractivity contribution in [2.24, 2.45) is 0 Å². The van der Waals surface area contributed by atoms with Crippen molar-refractivity contribution in [2.75, 3.05) is 16.0 Å². The molecule has 0 spiro atoms. The zero-order valence-electron chi connectivity index (χ0n) is 14.2. The van der Waals surface area contributed by atoms with Crippen LogP contribution in [0.25, 0.3) is 0 Å². The molecule has 3 N–H and O–H groups in total. The Kier molecular flexibility index (Phi) is 5.66. The molecule has 26 heavy (non-hydrogen) atoms. The van der Waals surface area contributed by atoms with E-state index in [0.717, 1.165) is 16.9 Å². The summed E-state index contributed by atoms with van der Waals surface area (Å²) >= 11 is 5.89. The normalized spacial score (nSPS) is 10.2. The monoisotopic (exact) mass is 367 g/mol. The van der Waals surface area contributed by atoms with Crippen LogP contribution in [-0.2, 0) is 11.3 Å². The number of anilines is 4. The topological polar surface area (TPSA) is 78.9 Å². The summed E-state index contributed by atoms with van der Waals surface area (Å²) in [4.78, 5) is 19.7. The Hall–Kier alpha value is -3.12. The average Bonchev–Trinajstić information content (AvgIpc) is 2.63. The summed E-state index contributed by atoms with van der Waals surface area (Å²) in [6.07, 6.45) is 1.69. The Morgan fingerprint density at radius 3 is 2.38 bits per heavy atom. The second-order valence-electron chi connectivity index (χ2n) is 5.63. The Labute approximate surface area is 156 Å². The summed E-state index contributed by atoms with van der Waals surface area (Å²) in [5, 5.41) is 9.83. The highest BCUT2D eigenvalue weighted by atomic mass is 35.5.